The zero-order valence-electron chi connectivity index (χ0n) is 20.7. The molecule has 0 unspecified atom stereocenters. The Kier molecular flexibility index (Phi) is 9.84. The molecule has 1 amide bonds. The third-order valence-electron chi connectivity index (χ3n) is 4.98. The Morgan fingerprint density at radius 1 is 1.21 bits per heavy atom. The van der Waals surface area contributed by atoms with Gasteiger partial charge in [-0.3, -0.25) is 4.52 Å². The summed E-state index contributed by atoms with van der Waals surface area (Å²) in [5.41, 5.74) is 1.13. The van der Waals surface area contributed by atoms with Crippen LogP contribution >= 0.6 is 30.8 Å². The molecule has 1 aromatic heterocycles. The molecule has 0 fully saturated rings. The summed E-state index contributed by atoms with van der Waals surface area (Å²) in [5, 5.41) is 29.5. The van der Waals surface area contributed by atoms with E-state index < -0.39 is 38.5 Å². The molecular weight excluding hydrogens is 578 g/mol. The number of rotatable bonds is 11. The van der Waals surface area contributed by atoms with Crippen LogP contribution in [0, 0.1) is 17.1 Å². The van der Waals surface area contributed by atoms with Gasteiger partial charge in [-0.05, 0) is 45.0 Å². The number of benzene rings is 2. The number of nitriles is 1. The van der Waals surface area contributed by atoms with Crippen molar-refractivity contribution in [3.8, 4) is 38.7 Å². The van der Waals surface area contributed by atoms with Gasteiger partial charge < -0.3 is 29.7 Å². The van der Waals surface area contributed by atoms with E-state index in [1.54, 1.807) is 18.2 Å². The van der Waals surface area contributed by atoms with Gasteiger partial charge in [-0.15, -0.1) is 10.2 Å². The van der Waals surface area contributed by atoms with Crippen molar-refractivity contribution in [1.82, 2.24) is 15.5 Å². The Morgan fingerprint density at radius 3 is 2.51 bits per heavy atom. The Bertz CT molecular complexity index is 1440. The normalized spacial score (nSPS) is 13.0. The topological polar surface area (TPSA) is 184 Å². The molecule has 0 radical (unpaired) electrons. The summed E-state index contributed by atoms with van der Waals surface area (Å²) in [4.78, 5) is 29.0. The van der Waals surface area contributed by atoms with Crippen molar-refractivity contribution in [2.45, 2.75) is 39.0 Å². The molecule has 3 aromatic rings. The van der Waals surface area contributed by atoms with Crippen LogP contribution in [-0.2, 0) is 9.09 Å². The zero-order chi connectivity index (χ0) is 28.9. The number of halogens is 2. The molecule has 2 atom stereocenters. The second-order valence-electron chi connectivity index (χ2n) is 8.33. The van der Waals surface area contributed by atoms with Gasteiger partial charge in [0.25, 0.3) is 0 Å². The molecule has 12 nitrogen and oxygen atoms in total. The van der Waals surface area contributed by atoms with Crippen LogP contribution < -0.4 is 14.8 Å². The molecule has 16 heteroatoms. The third kappa shape index (κ3) is 8.34. The number of carbonyl (C=O) groups is 1. The summed E-state index contributed by atoms with van der Waals surface area (Å²) < 4.78 is 41.5. The Labute approximate surface area is 231 Å². The highest BCUT2D eigenvalue weighted by molar-refractivity contribution is 7.46. The molecule has 1 heterocycles. The highest BCUT2D eigenvalue weighted by atomic mass is 35.5. The fraction of sp³-hybridized carbons (Fsp3) is 0.304. The third-order valence-corrected chi connectivity index (χ3v) is 6.91. The van der Waals surface area contributed by atoms with Crippen molar-refractivity contribution in [3.05, 3.63) is 46.7 Å². The van der Waals surface area contributed by atoms with Crippen LogP contribution in [0.4, 0.5) is 9.18 Å². The van der Waals surface area contributed by atoms with Gasteiger partial charge in [0.05, 0.1) is 28.8 Å². The first kappa shape index (κ1) is 30.2. The van der Waals surface area contributed by atoms with Gasteiger partial charge in [-0.1, -0.05) is 22.9 Å². The summed E-state index contributed by atoms with van der Waals surface area (Å²) in [6, 6.07) is 8.05. The average Bonchev–Trinajstić information content (AvgIpc) is 3.32. The number of carboxylic acid groups (broad SMARTS) is 1. The van der Waals surface area contributed by atoms with E-state index in [1.165, 1.54) is 6.92 Å². The van der Waals surface area contributed by atoms with E-state index in [4.69, 9.17) is 36.0 Å². The number of nitrogens with one attached hydrogen (secondary N) is 1. The summed E-state index contributed by atoms with van der Waals surface area (Å²) in [5.74, 6) is -0.760. The molecule has 0 aliphatic carbocycles. The lowest BCUT2D eigenvalue weighted by molar-refractivity contribution is 0.0895. The van der Waals surface area contributed by atoms with Crippen LogP contribution in [0.15, 0.2) is 30.3 Å². The van der Waals surface area contributed by atoms with Gasteiger partial charge in [0, 0.05) is 17.2 Å². The van der Waals surface area contributed by atoms with E-state index in [1.807, 2.05) is 19.2 Å². The van der Waals surface area contributed by atoms with E-state index in [9.17, 15) is 19.0 Å². The minimum Gasteiger partial charge on any atom is -0.490 e. The lowest BCUT2D eigenvalue weighted by atomic mass is 10.1. The van der Waals surface area contributed by atoms with Gasteiger partial charge in [0.1, 0.15) is 28.4 Å². The van der Waals surface area contributed by atoms with Gasteiger partial charge in [-0.2, -0.15) is 5.26 Å². The van der Waals surface area contributed by atoms with Crippen molar-refractivity contribution >= 4 is 36.9 Å². The van der Waals surface area contributed by atoms with Crippen LogP contribution in [0.3, 0.4) is 0 Å². The zero-order valence-corrected chi connectivity index (χ0v) is 23.1. The van der Waals surface area contributed by atoms with Crippen molar-refractivity contribution in [2.24, 2.45) is 0 Å². The maximum absolute atomic E-state index is 14.9. The molecule has 2 aromatic carbocycles. The average molecular weight is 601 g/mol. The van der Waals surface area contributed by atoms with Gasteiger partial charge in [-0.25, -0.2) is 13.8 Å². The van der Waals surface area contributed by atoms with E-state index in [2.05, 4.69) is 20.8 Å². The quantitative estimate of drug-likeness (QED) is 0.221. The first-order valence-corrected chi connectivity index (χ1v) is 13.9. The lowest BCUT2D eigenvalue weighted by Gasteiger charge is -2.24. The van der Waals surface area contributed by atoms with Gasteiger partial charge >= 0.3 is 13.9 Å². The van der Waals surface area contributed by atoms with Crippen molar-refractivity contribution in [2.75, 3.05) is 6.61 Å². The second-order valence-corrected chi connectivity index (χ2v) is 10.9. The number of nitrogens with zero attached hydrogens (tertiary/aromatic N) is 3. The van der Waals surface area contributed by atoms with Gasteiger partial charge in [0.15, 0.2) is 11.6 Å². The van der Waals surface area contributed by atoms with Crippen molar-refractivity contribution in [3.63, 3.8) is 0 Å². The smallest absolute Gasteiger partial charge is 0.469 e. The maximum atomic E-state index is 14.9. The lowest BCUT2D eigenvalue weighted by Crippen LogP contribution is -2.46. The highest BCUT2D eigenvalue weighted by Gasteiger charge is 2.28. The molecule has 0 bridgehead atoms. The molecule has 0 spiro atoms. The predicted molar refractivity (Wildman–Crippen MR) is 139 cm³/mol. The number of aromatic nitrogens is 2. The first-order chi connectivity index (χ1) is 18.3. The first-order valence-electron chi connectivity index (χ1n) is 11.2. The van der Waals surface area contributed by atoms with E-state index in [0.717, 1.165) is 23.5 Å². The molecule has 0 saturated heterocycles. The standard InChI is InChI=1S/C23H23ClFN4O8PS/c1-11(2)36-19-5-4-13(6-14(19)9-26)21-28-29-22(39-21)15-7-17(25)20(8-16(15)24)35-10-18(27-23(30)31)12(3)37-38(32,33)34/h4-8,11-12,18,27H,10H2,1-3H3,(H,30,31)(H2,32,33,34)/t12-,18-/m0/s1. The second kappa shape index (κ2) is 12.7. The number of ether oxygens (including phenoxy) is 2. The number of phosphoric ester groups is 1. The SMILES string of the molecule is CC(C)Oc1ccc(-c2nnc(-c3cc(F)c(OC[C@H](NC(=O)O)[C@H](C)OP(=O)(O)O)cc3Cl)s2)cc1C#N. The summed E-state index contributed by atoms with van der Waals surface area (Å²) in [6.07, 6.45) is -2.93. The van der Waals surface area contributed by atoms with Crippen LogP contribution in [-0.4, -0.2) is 56.0 Å². The van der Waals surface area contributed by atoms with Crippen LogP contribution in [0.5, 0.6) is 11.5 Å². The summed E-state index contributed by atoms with van der Waals surface area (Å²) >= 11 is 7.46. The molecule has 0 aliphatic rings. The molecule has 0 saturated carbocycles. The number of hydrogen-bond donors (Lipinski definition) is 4. The Hall–Kier alpha value is -3.31. The fourth-order valence-corrected chi connectivity index (χ4v) is 5.03. The Morgan fingerprint density at radius 2 is 1.90 bits per heavy atom. The number of phosphoric acid groups is 1. The highest BCUT2D eigenvalue weighted by Crippen LogP contribution is 2.39. The maximum Gasteiger partial charge on any atom is 0.469 e. The van der Waals surface area contributed by atoms with Crippen LogP contribution in [0.25, 0.3) is 21.1 Å². The van der Waals surface area contributed by atoms with Crippen LogP contribution in [0.1, 0.15) is 26.3 Å². The minimum atomic E-state index is -4.92. The Balaban J connectivity index is 1.81. The summed E-state index contributed by atoms with van der Waals surface area (Å²) in [6.45, 7) is 4.38. The monoisotopic (exact) mass is 600 g/mol. The molecular formula is C23H23ClFN4O8PS. The van der Waals surface area contributed by atoms with E-state index >= 15 is 0 Å². The van der Waals surface area contributed by atoms with Crippen molar-refractivity contribution in [1.29, 1.82) is 5.26 Å². The summed E-state index contributed by atoms with van der Waals surface area (Å²) in [7, 11) is -4.92. The van der Waals surface area contributed by atoms with Crippen LogP contribution in [0.2, 0.25) is 5.02 Å². The van der Waals surface area contributed by atoms with Crippen molar-refractivity contribution < 1.29 is 42.6 Å². The number of hydrogen-bond acceptors (Lipinski definition) is 9. The largest absolute Gasteiger partial charge is 0.490 e. The van der Waals surface area contributed by atoms with E-state index in [-0.39, 0.29) is 27.4 Å². The predicted octanol–water partition coefficient (Wildman–Crippen LogP) is 4.84. The van der Waals surface area contributed by atoms with E-state index in [0.29, 0.717) is 21.9 Å². The molecule has 0 aliphatic heterocycles. The minimum absolute atomic E-state index is 0.0507. The molecule has 39 heavy (non-hydrogen) atoms. The molecule has 3 rings (SSSR count). The van der Waals surface area contributed by atoms with Gasteiger partial charge in [0.2, 0.25) is 0 Å². The fourth-order valence-electron chi connectivity index (χ4n) is 3.28. The number of amides is 1. The molecule has 4 N–H and O–H groups in total. The molecule has 208 valence electrons.